The molecule has 0 aliphatic heterocycles. The molecule has 0 radical (unpaired) electrons. The number of ketones is 1. The summed E-state index contributed by atoms with van der Waals surface area (Å²) < 4.78 is 0. The van der Waals surface area contributed by atoms with Gasteiger partial charge in [0.2, 0.25) is 0 Å². The lowest BCUT2D eigenvalue weighted by Crippen LogP contribution is -1.92. The van der Waals surface area contributed by atoms with Crippen molar-refractivity contribution in [2.45, 2.75) is 0 Å². The fourth-order valence-corrected chi connectivity index (χ4v) is 1.54. The van der Waals surface area contributed by atoms with Crippen LogP contribution in [0.4, 0.5) is 0 Å². The number of carbonyl (C=O) groups excluding carboxylic acids is 1. The zero-order valence-electron chi connectivity index (χ0n) is 9.95. The van der Waals surface area contributed by atoms with E-state index in [2.05, 4.69) is 0 Å². The third kappa shape index (κ3) is 3.13. The number of aromatic hydroxyl groups is 3. The number of hydrogen-bond donors (Lipinski definition) is 3. The summed E-state index contributed by atoms with van der Waals surface area (Å²) in [6, 6.07) is 10.2. The van der Waals surface area contributed by atoms with E-state index in [1.54, 1.807) is 6.07 Å². The first-order valence-electron chi connectivity index (χ1n) is 5.60. The highest BCUT2D eigenvalue weighted by Gasteiger charge is 2.02. The average Bonchev–Trinajstić information content (AvgIpc) is 2.40. The second-order valence-electron chi connectivity index (χ2n) is 3.99. The molecule has 0 aliphatic rings. The van der Waals surface area contributed by atoms with Crippen LogP contribution >= 0.6 is 0 Å². The molecule has 4 nitrogen and oxygen atoms in total. The molecule has 19 heavy (non-hydrogen) atoms. The van der Waals surface area contributed by atoms with Gasteiger partial charge in [-0.25, -0.2) is 0 Å². The molecule has 0 saturated heterocycles. The van der Waals surface area contributed by atoms with Gasteiger partial charge in [0.15, 0.2) is 17.3 Å². The molecule has 4 heteroatoms. The highest BCUT2D eigenvalue weighted by Crippen LogP contribution is 2.25. The summed E-state index contributed by atoms with van der Waals surface area (Å²) in [5.41, 5.74) is 1.06. The van der Waals surface area contributed by atoms with Gasteiger partial charge in [-0.3, -0.25) is 4.79 Å². The minimum absolute atomic E-state index is 0.101. The standard InChI is InChI=1S/C15H12O4/c16-12-5-3-11(4-6-12)13(17)7-1-10-2-8-14(18)15(19)9-10/h1-9,16,18-19H/b7-1-. The molecule has 0 atom stereocenters. The lowest BCUT2D eigenvalue weighted by Gasteiger charge is -1.99. The Bertz CT molecular complexity index is 627. The molecule has 0 aliphatic carbocycles. The molecule has 2 aromatic carbocycles. The predicted octanol–water partition coefficient (Wildman–Crippen LogP) is 2.70. The molecule has 0 amide bonds. The highest BCUT2D eigenvalue weighted by atomic mass is 16.3. The van der Waals surface area contributed by atoms with E-state index < -0.39 is 0 Å². The van der Waals surface area contributed by atoms with E-state index in [-0.39, 0.29) is 23.0 Å². The number of allylic oxidation sites excluding steroid dienone is 1. The van der Waals surface area contributed by atoms with E-state index in [1.165, 1.54) is 48.6 Å². The monoisotopic (exact) mass is 256 g/mol. The molecule has 0 fully saturated rings. The molecule has 0 heterocycles. The summed E-state index contributed by atoms with van der Waals surface area (Å²) >= 11 is 0. The van der Waals surface area contributed by atoms with Crippen LogP contribution in [0.3, 0.4) is 0 Å². The van der Waals surface area contributed by atoms with Crippen LogP contribution in [0.1, 0.15) is 15.9 Å². The fourth-order valence-electron chi connectivity index (χ4n) is 1.54. The van der Waals surface area contributed by atoms with E-state index in [4.69, 9.17) is 10.2 Å². The molecule has 0 unspecified atom stereocenters. The normalized spacial score (nSPS) is 10.7. The zero-order valence-corrected chi connectivity index (χ0v) is 9.95. The maximum atomic E-state index is 11.8. The zero-order chi connectivity index (χ0) is 13.8. The van der Waals surface area contributed by atoms with E-state index in [9.17, 15) is 9.90 Å². The van der Waals surface area contributed by atoms with Crippen LogP contribution in [0.2, 0.25) is 0 Å². The Morgan fingerprint density at radius 3 is 2.21 bits per heavy atom. The minimum Gasteiger partial charge on any atom is -0.508 e. The molecule has 0 aromatic heterocycles. The smallest absolute Gasteiger partial charge is 0.185 e. The number of carbonyl (C=O) groups is 1. The van der Waals surface area contributed by atoms with Gasteiger partial charge in [0.05, 0.1) is 0 Å². The van der Waals surface area contributed by atoms with Crippen molar-refractivity contribution in [1.29, 1.82) is 0 Å². The molecule has 96 valence electrons. The lowest BCUT2D eigenvalue weighted by atomic mass is 10.1. The van der Waals surface area contributed by atoms with Crippen molar-refractivity contribution in [3.8, 4) is 17.2 Å². The van der Waals surface area contributed by atoms with Crippen molar-refractivity contribution in [2.24, 2.45) is 0 Å². The first-order valence-corrected chi connectivity index (χ1v) is 5.60. The van der Waals surface area contributed by atoms with Crippen LogP contribution in [0.5, 0.6) is 17.2 Å². The molecule has 0 saturated carbocycles. The molecule has 0 spiro atoms. The Labute approximate surface area is 109 Å². The van der Waals surface area contributed by atoms with Crippen LogP contribution < -0.4 is 0 Å². The van der Waals surface area contributed by atoms with Gasteiger partial charge in [-0.2, -0.15) is 0 Å². The van der Waals surface area contributed by atoms with Crippen LogP contribution in [0.25, 0.3) is 6.08 Å². The molecular weight excluding hydrogens is 244 g/mol. The number of benzene rings is 2. The summed E-state index contributed by atoms with van der Waals surface area (Å²) in [6.45, 7) is 0. The third-order valence-electron chi connectivity index (χ3n) is 2.58. The minimum atomic E-state index is -0.237. The van der Waals surface area contributed by atoms with E-state index in [0.717, 1.165) is 0 Å². The summed E-state index contributed by atoms with van der Waals surface area (Å²) in [5, 5.41) is 27.6. The van der Waals surface area contributed by atoms with Gasteiger partial charge in [0.1, 0.15) is 5.75 Å². The number of phenolic OH excluding ortho intramolecular Hbond substituents is 3. The first-order chi connectivity index (χ1) is 9.06. The maximum Gasteiger partial charge on any atom is 0.185 e. The lowest BCUT2D eigenvalue weighted by molar-refractivity contribution is 0.104. The Morgan fingerprint density at radius 1 is 0.895 bits per heavy atom. The van der Waals surface area contributed by atoms with Gasteiger partial charge in [0.25, 0.3) is 0 Å². The van der Waals surface area contributed by atoms with Crippen molar-refractivity contribution < 1.29 is 20.1 Å². The van der Waals surface area contributed by atoms with Gasteiger partial charge in [-0.15, -0.1) is 0 Å². The molecule has 0 bridgehead atoms. The third-order valence-corrected chi connectivity index (χ3v) is 2.58. The van der Waals surface area contributed by atoms with Crippen molar-refractivity contribution >= 4 is 11.9 Å². The van der Waals surface area contributed by atoms with E-state index in [1.807, 2.05) is 0 Å². The van der Waals surface area contributed by atoms with Gasteiger partial charge in [-0.05, 0) is 48.0 Å². The van der Waals surface area contributed by atoms with Gasteiger partial charge < -0.3 is 15.3 Å². The SMILES string of the molecule is O=C(/C=C\c1ccc(O)c(O)c1)c1ccc(O)cc1. The quantitative estimate of drug-likeness (QED) is 0.448. The summed E-state index contributed by atoms with van der Waals surface area (Å²) in [7, 11) is 0. The Balaban J connectivity index is 2.15. The second kappa shape index (κ2) is 5.27. The summed E-state index contributed by atoms with van der Waals surface area (Å²) in [6.07, 6.45) is 2.90. The molecular formula is C15H12O4. The van der Waals surface area contributed by atoms with E-state index in [0.29, 0.717) is 11.1 Å². The van der Waals surface area contributed by atoms with Gasteiger partial charge in [0, 0.05) is 5.56 Å². The number of phenols is 3. The Kier molecular flexibility index (Phi) is 3.52. The fraction of sp³-hybridized carbons (Fsp3) is 0. The van der Waals surface area contributed by atoms with Crippen molar-refractivity contribution in [1.82, 2.24) is 0 Å². The van der Waals surface area contributed by atoms with Crippen molar-refractivity contribution in [3.63, 3.8) is 0 Å². The number of hydrogen-bond acceptors (Lipinski definition) is 4. The van der Waals surface area contributed by atoms with Gasteiger partial charge >= 0.3 is 0 Å². The molecule has 2 aromatic rings. The summed E-state index contributed by atoms with van der Waals surface area (Å²) in [4.78, 5) is 11.8. The van der Waals surface area contributed by atoms with Crippen LogP contribution in [0.15, 0.2) is 48.5 Å². The maximum absolute atomic E-state index is 11.8. The van der Waals surface area contributed by atoms with Gasteiger partial charge in [-0.1, -0.05) is 12.1 Å². The largest absolute Gasteiger partial charge is 0.508 e. The molecule has 3 N–H and O–H groups in total. The average molecular weight is 256 g/mol. The number of rotatable bonds is 3. The topological polar surface area (TPSA) is 77.8 Å². The second-order valence-corrected chi connectivity index (χ2v) is 3.99. The first kappa shape index (κ1) is 12.7. The van der Waals surface area contributed by atoms with Crippen molar-refractivity contribution in [3.05, 3.63) is 59.7 Å². The van der Waals surface area contributed by atoms with Crippen molar-refractivity contribution in [2.75, 3.05) is 0 Å². The molecule has 2 rings (SSSR count). The highest BCUT2D eigenvalue weighted by molar-refractivity contribution is 6.06. The Hall–Kier alpha value is -2.75. The van der Waals surface area contributed by atoms with Crippen LogP contribution in [0, 0.1) is 0 Å². The van der Waals surface area contributed by atoms with E-state index >= 15 is 0 Å². The predicted molar refractivity (Wildman–Crippen MR) is 71.2 cm³/mol. The summed E-state index contributed by atoms with van der Waals surface area (Å²) in [5.74, 6) is -0.558. The Morgan fingerprint density at radius 2 is 1.58 bits per heavy atom. The van der Waals surface area contributed by atoms with Crippen LogP contribution in [-0.2, 0) is 0 Å². The van der Waals surface area contributed by atoms with Crippen LogP contribution in [-0.4, -0.2) is 21.1 Å².